The van der Waals surface area contributed by atoms with E-state index in [4.69, 9.17) is 0 Å². The van der Waals surface area contributed by atoms with Crippen molar-refractivity contribution in [2.24, 2.45) is 0 Å². The Hall–Kier alpha value is -1.56. The van der Waals surface area contributed by atoms with E-state index in [0.717, 1.165) is 12.1 Å². The van der Waals surface area contributed by atoms with Crippen molar-refractivity contribution in [2.45, 2.75) is 12.7 Å². The van der Waals surface area contributed by atoms with Crippen molar-refractivity contribution in [3.63, 3.8) is 0 Å². The molecule has 0 bridgehead atoms. The summed E-state index contributed by atoms with van der Waals surface area (Å²) in [7, 11) is 3.19. The van der Waals surface area contributed by atoms with E-state index in [2.05, 4.69) is 5.32 Å². The third kappa shape index (κ3) is 4.03. The summed E-state index contributed by atoms with van der Waals surface area (Å²) in [6, 6.07) is 4.98. The fourth-order valence-corrected chi connectivity index (χ4v) is 1.49. The lowest BCUT2D eigenvalue weighted by atomic mass is 10.1. The minimum Gasteiger partial charge on any atom is -0.340 e. The molecule has 0 saturated heterocycles. The molecule has 100 valence electrons. The number of carbonyl (C=O) groups excluding carboxylic acids is 1. The third-order valence-corrected chi connectivity index (χ3v) is 2.43. The first-order valence-electron chi connectivity index (χ1n) is 5.39. The number of nitrogens with zero attached hydrogens (tertiary/aromatic N) is 1. The monoisotopic (exact) mass is 260 g/mol. The smallest absolute Gasteiger partial charge is 0.340 e. The van der Waals surface area contributed by atoms with Gasteiger partial charge >= 0.3 is 6.18 Å². The van der Waals surface area contributed by atoms with Crippen LogP contribution in [0.25, 0.3) is 0 Å². The van der Waals surface area contributed by atoms with E-state index >= 15 is 0 Å². The zero-order valence-electron chi connectivity index (χ0n) is 10.2. The van der Waals surface area contributed by atoms with Gasteiger partial charge in [0, 0.05) is 13.6 Å². The van der Waals surface area contributed by atoms with E-state index in [1.54, 1.807) is 20.2 Å². The lowest BCUT2D eigenvalue weighted by Gasteiger charge is -2.17. The first-order valence-corrected chi connectivity index (χ1v) is 5.39. The highest BCUT2D eigenvalue weighted by molar-refractivity contribution is 5.77. The van der Waals surface area contributed by atoms with Crippen molar-refractivity contribution < 1.29 is 18.0 Å². The summed E-state index contributed by atoms with van der Waals surface area (Å²) in [6.45, 7) is 0.319. The molecule has 1 amide bonds. The quantitative estimate of drug-likeness (QED) is 0.896. The SMILES string of the molecule is CNCC(=O)N(C)Cc1cccc(C(F)(F)F)c1. The molecular formula is C12H15F3N2O. The fraction of sp³-hybridized carbons (Fsp3) is 0.417. The van der Waals surface area contributed by atoms with E-state index in [9.17, 15) is 18.0 Å². The molecule has 18 heavy (non-hydrogen) atoms. The number of carbonyl (C=O) groups is 1. The van der Waals surface area contributed by atoms with Gasteiger partial charge in [0.25, 0.3) is 0 Å². The molecule has 0 spiro atoms. The minimum atomic E-state index is -4.36. The van der Waals surface area contributed by atoms with E-state index in [-0.39, 0.29) is 19.0 Å². The lowest BCUT2D eigenvalue weighted by molar-refractivity contribution is -0.137. The third-order valence-electron chi connectivity index (χ3n) is 2.43. The molecule has 0 radical (unpaired) electrons. The van der Waals surface area contributed by atoms with E-state index in [1.807, 2.05) is 0 Å². The molecule has 3 nitrogen and oxygen atoms in total. The van der Waals surface area contributed by atoms with Crippen LogP contribution < -0.4 is 5.32 Å². The van der Waals surface area contributed by atoms with Crippen LogP contribution in [0.2, 0.25) is 0 Å². The number of hydrogen-bond donors (Lipinski definition) is 1. The molecule has 1 aromatic carbocycles. The Labute approximate surface area is 104 Å². The number of likely N-dealkylation sites (N-methyl/N-ethyl adjacent to an activating group) is 2. The Bertz CT molecular complexity index is 418. The maximum atomic E-state index is 12.5. The van der Waals surface area contributed by atoms with Gasteiger partial charge in [-0.15, -0.1) is 0 Å². The second-order valence-corrected chi connectivity index (χ2v) is 3.98. The van der Waals surface area contributed by atoms with Crippen LogP contribution in [0.1, 0.15) is 11.1 Å². The Morgan fingerprint density at radius 1 is 1.39 bits per heavy atom. The zero-order valence-corrected chi connectivity index (χ0v) is 10.2. The molecule has 0 atom stereocenters. The van der Waals surface area contributed by atoms with E-state index in [1.165, 1.54) is 11.0 Å². The molecule has 0 aliphatic carbocycles. The highest BCUT2D eigenvalue weighted by Crippen LogP contribution is 2.29. The summed E-state index contributed by atoms with van der Waals surface area (Å²) in [5.74, 6) is -0.171. The van der Waals surface area contributed by atoms with Crippen molar-refractivity contribution in [2.75, 3.05) is 20.6 Å². The van der Waals surface area contributed by atoms with Crippen LogP contribution in [0.15, 0.2) is 24.3 Å². The number of amides is 1. The van der Waals surface area contributed by atoms with Crippen molar-refractivity contribution in [1.82, 2.24) is 10.2 Å². The molecule has 6 heteroatoms. The van der Waals surface area contributed by atoms with Crippen LogP contribution in [-0.2, 0) is 17.5 Å². The minimum absolute atomic E-state index is 0.157. The first kappa shape index (κ1) is 14.5. The second kappa shape index (κ2) is 5.86. The first-order chi connectivity index (χ1) is 8.34. The average molecular weight is 260 g/mol. The highest BCUT2D eigenvalue weighted by Gasteiger charge is 2.30. The molecule has 0 unspecified atom stereocenters. The van der Waals surface area contributed by atoms with Gasteiger partial charge in [-0.25, -0.2) is 0 Å². The lowest BCUT2D eigenvalue weighted by Crippen LogP contribution is -2.33. The summed E-state index contributed by atoms with van der Waals surface area (Å²) in [5.41, 5.74) is -0.244. The van der Waals surface area contributed by atoms with E-state index in [0.29, 0.717) is 5.56 Å². The average Bonchev–Trinajstić information content (AvgIpc) is 2.28. The number of rotatable bonds is 4. The number of hydrogen-bond acceptors (Lipinski definition) is 2. The van der Waals surface area contributed by atoms with Crippen LogP contribution >= 0.6 is 0 Å². The van der Waals surface area contributed by atoms with Crippen LogP contribution in [0.4, 0.5) is 13.2 Å². The second-order valence-electron chi connectivity index (χ2n) is 3.98. The molecule has 0 saturated carbocycles. The summed E-state index contributed by atoms with van der Waals surface area (Å²) in [5, 5.41) is 2.70. The maximum absolute atomic E-state index is 12.5. The van der Waals surface area contributed by atoms with Crippen molar-refractivity contribution in [3.8, 4) is 0 Å². The molecule has 0 heterocycles. The largest absolute Gasteiger partial charge is 0.416 e. The molecule has 0 fully saturated rings. The van der Waals surface area contributed by atoms with Gasteiger partial charge in [0.15, 0.2) is 0 Å². The van der Waals surface area contributed by atoms with Gasteiger partial charge in [-0.2, -0.15) is 13.2 Å². The summed E-state index contributed by atoms with van der Waals surface area (Å²) < 4.78 is 37.5. The number of alkyl halides is 3. The topological polar surface area (TPSA) is 32.3 Å². The van der Waals surface area contributed by atoms with Gasteiger partial charge in [-0.3, -0.25) is 4.79 Å². The van der Waals surface area contributed by atoms with Crippen molar-refractivity contribution >= 4 is 5.91 Å². The number of benzene rings is 1. The van der Waals surface area contributed by atoms with Gasteiger partial charge in [0.05, 0.1) is 12.1 Å². The predicted octanol–water partition coefficient (Wildman–Crippen LogP) is 1.88. The van der Waals surface area contributed by atoms with E-state index < -0.39 is 11.7 Å². The van der Waals surface area contributed by atoms with Gasteiger partial charge in [-0.1, -0.05) is 12.1 Å². The standard InChI is InChI=1S/C12H15F3N2O/c1-16-7-11(18)17(2)8-9-4-3-5-10(6-9)12(13,14)15/h3-6,16H,7-8H2,1-2H3. The van der Waals surface area contributed by atoms with Crippen LogP contribution in [0.5, 0.6) is 0 Å². The number of halogens is 3. The Morgan fingerprint density at radius 2 is 2.06 bits per heavy atom. The van der Waals surface area contributed by atoms with Gasteiger partial charge in [0.1, 0.15) is 0 Å². The molecule has 0 aliphatic heterocycles. The Kier molecular flexibility index (Phi) is 4.72. The Morgan fingerprint density at radius 3 is 2.61 bits per heavy atom. The predicted molar refractivity (Wildman–Crippen MR) is 61.8 cm³/mol. The normalized spacial score (nSPS) is 11.4. The molecule has 1 N–H and O–H groups in total. The summed E-state index contributed by atoms with van der Waals surface area (Å²) in [4.78, 5) is 12.9. The van der Waals surface area contributed by atoms with Crippen LogP contribution in [-0.4, -0.2) is 31.4 Å². The molecule has 0 aromatic heterocycles. The Balaban J connectivity index is 2.76. The van der Waals surface area contributed by atoms with Crippen LogP contribution in [0, 0.1) is 0 Å². The zero-order chi connectivity index (χ0) is 13.8. The van der Waals surface area contributed by atoms with Gasteiger partial charge < -0.3 is 10.2 Å². The number of nitrogens with one attached hydrogen (secondary N) is 1. The summed E-state index contributed by atoms with van der Waals surface area (Å²) >= 11 is 0. The van der Waals surface area contributed by atoms with Gasteiger partial charge in [0.2, 0.25) is 5.91 Å². The fourth-order valence-electron chi connectivity index (χ4n) is 1.49. The van der Waals surface area contributed by atoms with Gasteiger partial charge in [-0.05, 0) is 24.7 Å². The maximum Gasteiger partial charge on any atom is 0.416 e. The molecular weight excluding hydrogens is 245 g/mol. The summed E-state index contributed by atoms with van der Waals surface area (Å²) in [6.07, 6.45) is -4.36. The molecule has 1 aromatic rings. The van der Waals surface area contributed by atoms with Crippen molar-refractivity contribution in [3.05, 3.63) is 35.4 Å². The molecule has 0 aliphatic rings. The van der Waals surface area contributed by atoms with Crippen molar-refractivity contribution in [1.29, 1.82) is 0 Å². The van der Waals surface area contributed by atoms with Crippen LogP contribution in [0.3, 0.4) is 0 Å². The molecule has 1 rings (SSSR count). The highest BCUT2D eigenvalue weighted by atomic mass is 19.4.